The van der Waals surface area contributed by atoms with E-state index in [1.807, 2.05) is 0 Å². The Bertz CT molecular complexity index is 483. The maximum absolute atomic E-state index is 11.7. The van der Waals surface area contributed by atoms with Gasteiger partial charge in [-0.15, -0.1) is 12.6 Å². The Labute approximate surface area is 111 Å². The number of amidine groups is 1. The van der Waals surface area contributed by atoms with E-state index in [1.54, 1.807) is 0 Å². The highest BCUT2D eigenvalue weighted by atomic mass is 32.1. The number of nitriles is 1. The predicted octanol–water partition coefficient (Wildman–Crippen LogP) is 1.07. The standard InChI is InChI=1S/C12H16N4OS/c13-6-7-9(14)16-11(18)8(10(15)17)12(7)4-2-1-3-5-12/h7,18H,1-5H2,(H2,14,16)(H2,15,17)/t7-/m0/s1. The van der Waals surface area contributed by atoms with E-state index in [4.69, 9.17) is 11.5 Å². The van der Waals surface area contributed by atoms with Crippen molar-refractivity contribution in [2.24, 2.45) is 27.8 Å². The topological polar surface area (TPSA) is 105 Å². The molecule has 0 aromatic rings. The minimum absolute atomic E-state index is 0.245. The number of hydrogen-bond donors (Lipinski definition) is 3. The summed E-state index contributed by atoms with van der Waals surface area (Å²) in [7, 11) is 0. The zero-order chi connectivity index (χ0) is 13.3. The molecule has 5 nitrogen and oxygen atoms in total. The zero-order valence-corrected chi connectivity index (χ0v) is 10.9. The van der Waals surface area contributed by atoms with Crippen LogP contribution in [0.2, 0.25) is 0 Å². The second-order valence-corrected chi connectivity index (χ2v) is 5.30. The van der Waals surface area contributed by atoms with Crippen LogP contribution in [0.4, 0.5) is 0 Å². The molecule has 2 aliphatic rings. The molecule has 1 spiro atoms. The fraction of sp³-hybridized carbons (Fsp3) is 0.583. The van der Waals surface area contributed by atoms with E-state index < -0.39 is 17.2 Å². The molecule has 1 aliphatic carbocycles. The summed E-state index contributed by atoms with van der Waals surface area (Å²) in [5, 5.41) is 9.63. The van der Waals surface area contributed by atoms with Gasteiger partial charge < -0.3 is 11.5 Å². The lowest BCUT2D eigenvalue weighted by Gasteiger charge is -2.43. The van der Waals surface area contributed by atoms with Crippen molar-refractivity contribution in [3.8, 4) is 6.07 Å². The van der Waals surface area contributed by atoms with Gasteiger partial charge in [0.05, 0.1) is 11.6 Å². The van der Waals surface area contributed by atoms with Gasteiger partial charge in [-0.2, -0.15) is 5.26 Å². The van der Waals surface area contributed by atoms with Gasteiger partial charge in [0.2, 0.25) is 5.91 Å². The van der Waals surface area contributed by atoms with Gasteiger partial charge in [-0.3, -0.25) is 4.79 Å². The van der Waals surface area contributed by atoms with Crippen molar-refractivity contribution >= 4 is 24.4 Å². The highest BCUT2D eigenvalue weighted by Gasteiger charge is 2.50. The van der Waals surface area contributed by atoms with Gasteiger partial charge in [0.25, 0.3) is 0 Å². The van der Waals surface area contributed by atoms with Gasteiger partial charge in [-0.1, -0.05) is 19.3 Å². The first-order valence-corrected chi connectivity index (χ1v) is 6.45. The third-order valence-corrected chi connectivity index (χ3v) is 4.25. The molecule has 0 radical (unpaired) electrons. The molecule has 2 rings (SSSR count). The maximum Gasteiger partial charge on any atom is 0.247 e. The van der Waals surface area contributed by atoms with Crippen molar-refractivity contribution in [2.75, 3.05) is 0 Å². The monoisotopic (exact) mass is 264 g/mol. The van der Waals surface area contributed by atoms with Crippen LogP contribution >= 0.6 is 12.6 Å². The van der Waals surface area contributed by atoms with E-state index in [1.165, 1.54) is 0 Å². The Kier molecular flexibility index (Phi) is 3.35. The molecule has 4 N–H and O–H groups in total. The van der Waals surface area contributed by atoms with Crippen LogP contribution in [0.3, 0.4) is 0 Å². The van der Waals surface area contributed by atoms with Crippen LogP contribution < -0.4 is 11.5 Å². The van der Waals surface area contributed by atoms with Crippen molar-refractivity contribution in [3.63, 3.8) is 0 Å². The normalized spacial score (nSPS) is 26.7. The fourth-order valence-corrected chi connectivity index (χ4v) is 3.61. The first-order valence-electron chi connectivity index (χ1n) is 6.00. The molecule has 1 saturated carbocycles. The van der Waals surface area contributed by atoms with Gasteiger partial charge in [0, 0.05) is 5.41 Å². The molecule has 0 aromatic heterocycles. The van der Waals surface area contributed by atoms with E-state index in [0.717, 1.165) is 32.1 Å². The molecule has 18 heavy (non-hydrogen) atoms. The van der Waals surface area contributed by atoms with E-state index in [0.29, 0.717) is 5.57 Å². The van der Waals surface area contributed by atoms with E-state index in [-0.39, 0.29) is 10.9 Å². The number of amides is 1. The molecule has 1 amide bonds. The minimum atomic E-state index is -0.582. The summed E-state index contributed by atoms with van der Waals surface area (Å²) in [4.78, 5) is 15.7. The SMILES string of the molecule is N#C[C@H]1C(N)=NC(S)=C(C(N)=O)C12CCCCC2. The van der Waals surface area contributed by atoms with Crippen LogP contribution in [0.25, 0.3) is 0 Å². The Balaban J connectivity index is 2.60. The van der Waals surface area contributed by atoms with Crippen LogP contribution in [0.15, 0.2) is 15.6 Å². The number of thiol groups is 1. The maximum atomic E-state index is 11.7. The number of carbonyl (C=O) groups excluding carboxylic acids is 1. The lowest BCUT2D eigenvalue weighted by molar-refractivity contribution is -0.116. The summed E-state index contributed by atoms with van der Waals surface area (Å²) in [6.07, 6.45) is 4.51. The number of nitrogens with zero attached hydrogens (tertiary/aromatic N) is 2. The van der Waals surface area contributed by atoms with Crippen LogP contribution in [0, 0.1) is 22.7 Å². The third kappa shape index (κ3) is 1.79. The second kappa shape index (κ2) is 4.65. The van der Waals surface area contributed by atoms with Crippen LogP contribution in [-0.2, 0) is 4.79 Å². The Hall–Kier alpha value is -1.48. The summed E-state index contributed by atoms with van der Waals surface area (Å²) < 4.78 is 0. The van der Waals surface area contributed by atoms with Crippen molar-refractivity contribution < 1.29 is 4.79 Å². The number of hydrogen-bond acceptors (Lipinski definition) is 5. The molecule has 0 bridgehead atoms. The molecule has 1 heterocycles. The summed E-state index contributed by atoms with van der Waals surface area (Å²) in [5.41, 5.74) is 11.1. The Morgan fingerprint density at radius 1 is 1.44 bits per heavy atom. The Morgan fingerprint density at radius 2 is 2.06 bits per heavy atom. The van der Waals surface area contributed by atoms with E-state index in [2.05, 4.69) is 23.7 Å². The zero-order valence-electron chi connectivity index (χ0n) is 10.0. The molecule has 1 atom stereocenters. The molecule has 0 saturated heterocycles. The van der Waals surface area contributed by atoms with Crippen molar-refractivity contribution in [1.29, 1.82) is 5.26 Å². The molecule has 96 valence electrons. The predicted molar refractivity (Wildman–Crippen MR) is 71.4 cm³/mol. The highest BCUT2D eigenvalue weighted by molar-refractivity contribution is 7.84. The van der Waals surface area contributed by atoms with E-state index >= 15 is 0 Å². The van der Waals surface area contributed by atoms with Crippen molar-refractivity contribution in [3.05, 3.63) is 10.6 Å². The smallest absolute Gasteiger partial charge is 0.247 e. The van der Waals surface area contributed by atoms with Gasteiger partial charge in [0.15, 0.2) is 0 Å². The minimum Gasteiger partial charge on any atom is -0.386 e. The lowest BCUT2D eigenvalue weighted by Crippen LogP contribution is -2.47. The van der Waals surface area contributed by atoms with E-state index in [9.17, 15) is 10.1 Å². The molecule has 1 fully saturated rings. The highest BCUT2D eigenvalue weighted by Crippen LogP contribution is 2.51. The van der Waals surface area contributed by atoms with Gasteiger partial charge in [0.1, 0.15) is 16.8 Å². The fourth-order valence-electron chi connectivity index (χ4n) is 3.16. The summed E-state index contributed by atoms with van der Waals surface area (Å²) >= 11 is 4.22. The summed E-state index contributed by atoms with van der Waals surface area (Å²) in [6.45, 7) is 0. The molecule has 0 aromatic carbocycles. The number of nitrogens with two attached hydrogens (primary N) is 2. The first kappa shape index (κ1) is 13.0. The number of rotatable bonds is 1. The average Bonchev–Trinajstić information content (AvgIpc) is 2.29. The number of primary amides is 1. The molecular formula is C12H16N4OS. The average molecular weight is 264 g/mol. The van der Waals surface area contributed by atoms with Crippen LogP contribution in [0.5, 0.6) is 0 Å². The quantitative estimate of drug-likeness (QED) is 0.617. The summed E-state index contributed by atoms with van der Waals surface area (Å²) in [5.74, 6) is -0.871. The molecule has 0 unspecified atom stereocenters. The number of aliphatic imine (C=N–C) groups is 1. The van der Waals surface area contributed by atoms with Crippen LogP contribution in [0.1, 0.15) is 32.1 Å². The lowest BCUT2D eigenvalue weighted by atomic mass is 9.60. The van der Waals surface area contributed by atoms with Gasteiger partial charge in [-0.05, 0) is 12.8 Å². The van der Waals surface area contributed by atoms with Gasteiger partial charge in [-0.25, -0.2) is 4.99 Å². The largest absolute Gasteiger partial charge is 0.386 e. The van der Waals surface area contributed by atoms with Crippen LogP contribution in [-0.4, -0.2) is 11.7 Å². The second-order valence-electron chi connectivity index (χ2n) is 4.88. The Morgan fingerprint density at radius 3 is 2.56 bits per heavy atom. The first-order chi connectivity index (χ1) is 8.53. The van der Waals surface area contributed by atoms with Crippen molar-refractivity contribution in [2.45, 2.75) is 32.1 Å². The summed E-state index contributed by atoms with van der Waals surface area (Å²) in [6, 6.07) is 2.19. The molecule has 6 heteroatoms. The molecular weight excluding hydrogens is 248 g/mol. The number of carbonyl (C=O) groups is 1. The molecule has 1 aliphatic heterocycles. The third-order valence-electron chi connectivity index (χ3n) is 3.93. The van der Waals surface area contributed by atoms with Crippen molar-refractivity contribution in [1.82, 2.24) is 0 Å². The van der Waals surface area contributed by atoms with Gasteiger partial charge >= 0.3 is 0 Å².